The van der Waals surface area contributed by atoms with Crippen molar-refractivity contribution in [1.29, 1.82) is 0 Å². The van der Waals surface area contributed by atoms with Gasteiger partial charge in [0.2, 0.25) is 0 Å². The van der Waals surface area contributed by atoms with Gasteiger partial charge in [0.15, 0.2) is 0 Å². The first-order valence-corrected chi connectivity index (χ1v) is 7.53. The van der Waals surface area contributed by atoms with E-state index in [9.17, 15) is 14.0 Å². The van der Waals surface area contributed by atoms with Crippen molar-refractivity contribution in [3.63, 3.8) is 0 Å². The maximum absolute atomic E-state index is 13.2. The molecule has 2 aliphatic rings. The lowest BCUT2D eigenvalue weighted by Gasteiger charge is -2.34. The number of carbonyl (C=O) groups is 2. The van der Waals surface area contributed by atoms with Gasteiger partial charge < -0.3 is 10.1 Å². The largest absolute Gasteiger partial charge is 0.451 e. The Kier molecular flexibility index (Phi) is 3.72. The number of esters is 1. The SMILES string of the molecule is CC1=C(C(=O)Nc2cccc(F)c2)C2(CCCCC2)OC1=O. The summed E-state index contributed by atoms with van der Waals surface area (Å²) in [6.45, 7) is 1.62. The molecule has 22 heavy (non-hydrogen) atoms. The highest BCUT2D eigenvalue weighted by Gasteiger charge is 2.49. The molecule has 4 nitrogen and oxygen atoms in total. The third-order valence-electron chi connectivity index (χ3n) is 4.40. The molecule has 1 saturated carbocycles. The van der Waals surface area contributed by atoms with Crippen LogP contribution in [0.4, 0.5) is 10.1 Å². The van der Waals surface area contributed by atoms with E-state index >= 15 is 0 Å². The number of ether oxygens (including phenoxy) is 1. The van der Waals surface area contributed by atoms with Gasteiger partial charge in [0.25, 0.3) is 5.91 Å². The van der Waals surface area contributed by atoms with E-state index in [2.05, 4.69) is 5.32 Å². The van der Waals surface area contributed by atoms with Crippen LogP contribution < -0.4 is 5.32 Å². The standard InChI is InChI=1S/C17H18FNO3/c1-11-14(15(20)19-13-7-5-6-12(18)10-13)17(22-16(11)21)8-3-2-4-9-17/h5-7,10H,2-4,8-9H2,1H3,(H,19,20). The molecule has 0 bridgehead atoms. The summed E-state index contributed by atoms with van der Waals surface area (Å²) < 4.78 is 18.8. The summed E-state index contributed by atoms with van der Waals surface area (Å²) in [6, 6.07) is 5.70. The number of rotatable bonds is 2. The van der Waals surface area contributed by atoms with Crippen molar-refractivity contribution in [2.75, 3.05) is 5.32 Å². The van der Waals surface area contributed by atoms with E-state index in [1.54, 1.807) is 13.0 Å². The van der Waals surface area contributed by atoms with Crippen LogP contribution in [0.5, 0.6) is 0 Å². The second-order valence-electron chi connectivity index (χ2n) is 5.91. The van der Waals surface area contributed by atoms with E-state index in [4.69, 9.17) is 4.74 Å². The average Bonchev–Trinajstić information content (AvgIpc) is 2.70. The molecule has 1 aromatic rings. The number of amides is 1. The lowest BCUT2D eigenvalue weighted by molar-refractivity contribution is -0.149. The number of carbonyl (C=O) groups excluding carboxylic acids is 2. The van der Waals surface area contributed by atoms with Crippen LogP contribution in [0.1, 0.15) is 39.0 Å². The second kappa shape index (κ2) is 5.55. The minimum Gasteiger partial charge on any atom is -0.451 e. The first-order valence-electron chi connectivity index (χ1n) is 7.53. The summed E-state index contributed by atoms with van der Waals surface area (Å²) in [7, 11) is 0. The van der Waals surface area contributed by atoms with Crippen molar-refractivity contribution < 1.29 is 18.7 Å². The number of hydrogen-bond acceptors (Lipinski definition) is 3. The van der Waals surface area contributed by atoms with Gasteiger partial charge in [-0.05, 0) is 50.8 Å². The van der Waals surface area contributed by atoms with Crippen molar-refractivity contribution in [3.8, 4) is 0 Å². The fraction of sp³-hybridized carbons (Fsp3) is 0.412. The number of hydrogen-bond donors (Lipinski definition) is 1. The summed E-state index contributed by atoms with van der Waals surface area (Å²) in [5, 5.41) is 2.68. The van der Waals surface area contributed by atoms with Crippen molar-refractivity contribution in [1.82, 2.24) is 0 Å². The molecular weight excluding hydrogens is 285 g/mol. The van der Waals surface area contributed by atoms with Gasteiger partial charge in [-0.3, -0.25) is 4.79 Å². The van der Waals surface area contributed by atoms with E-state index < -0.39 is 17.4 Å². The van der Waals surface area contributed by atoms with Crippen LogP contribution in [0.15, 0.2) is 35.4 Å². The molecular formula is C17H18FNO3. The molecule has 1 spiro atoms. The molecule has 0 saturated heterocycles. The maximum atomic E-state index is 13.2. The molecule has 0 atom stereocenters. The quantitative estimate of drug-likeness (QED) is 0.853. The molecule has 1 aromatic carbocycles. The Morgan fingerprint density at radius 1 is 1.27 bits per heavy atom. The van der Waals surface area contributed by atoms with Gasteiger partial charge >= 0.3 is 5.97 Å². The summed E-state index contributed by atoms with van der Waals surface area (Å²) in [5.74, 6) is -1.23. The first-order chi connectivity index (χ1) is 10.5. The molecule has 1 amide bonds. The van der Waals surface area contributed by atoms with Gasteiger partial charge in [0, 0.05) is 11.3 Å². The van der Waals surface area contributed by atoms with Crippen molar-refractivity contribution in [2.45, 2.75) is 44.6 Å². The van der Waals surface area contributed by atoms with Crippen molar-refractivity contribution in [3.05, 3.63) is 41.2 Å². The lowest BCUT2D eigenvalue weighted by Crippen LogP contribution is -2.39. The van der Waals surface area contributed by atoms with Crippen molar-refractivity contribution in [2.24, 2.45) is 0 Å². The summed E-state index contributed by atoms with van der Waals surface area (Å²) >= 11 is 0. The van der Waals surface area contributed by atoms with E-state index in [-0.39, 0.29) is 5.91 Å². The number of benzene rings is 1. The van der Waals surface area contributed by atoms with Gasteiger partial charge in [-0.2, -0.15) is 0 Å². The minimum absolute atomic E-state index is 0.357. The Labute approximate surface area is 128 Å². The zero-order valence-electron chi connectivity index (χ0n) is 12.4. The average molecular weight is 303 g/mol. The zero-order chi connectivity index (χ0) is 15.7. The van der Waals surface area contributed by atoms with Crippen LogP contribution in [-0.4, -0.2) is 17.5 Å². The monoisotopic (exact) mass is 303 g/mol. The number of nitrogens with one attached hydrogen (secondary N) is 1. The molecule has 0 radical (unpaired) electrons. The zero-order valence-corrected chi connectivity index (χ0v) is 12.4. The smallest absolute Gasteiger partial charge is 0.335 e. The Bertz CT molecular complexity index is 660. The summed E-state index contributed by atoms with van der Waals surface area (Å²) in [6.07, 6.45) is 4.27. The molecule has 1 heterocycles. The molecule has 0 unspecified atom stereocenters. The molecule has 0 aromatic heterocycles. The van der Waals surface area contributed by atoms with Crippen LogP contribution in [0.3, 0.4) is 0 Å². The molecule has 5 heteroatoms. The summed E-state index contributed by atoms with van der Waals surface area (Å²) in [5.41, 5.74) is 0.337. The molecule has 3 rings (SSSR count). The van der Waals surface area contributed by atoms with Crippen LogP contribution in [0.25, 0.3) is 0 Å². The highest BCUT2D eigenvalue weighted by molar-refractivity contribution is 6.12. The van der Waals surface area contributed by atoms with Crippen LogP contribution in [-0.2, 0) is 14.3 Å². The highest BCUT2D eigenvalue weighted by Crippen LogP contribution is 2.44. The van der Waals surface area contributed by atoms with E-state index in [1.807, 2.05) is 0 Å². The Hall–Kier alpha value is -2.17. The number of halogens is 1. The molecule has 1 aliphatic heterocycles. The molecule has 1 N–H and O–H groups in total. The van der Waals surface area contributed by atoms with Crippen LogP contribution >= 0.6 is 0 Å². The van der Waals surface area contributed by atoms with Crippen LogP contribution in [0, 0.1) is 5.82 Å². The third-order valence-corrected chi connectivity index (χ3v) is 4.40. The minimum atomic E-state index is -0.795. The van der Waals surface area contributed by atoms with Gasteiger partial charge in [-0.15, -0.1) is 0 Å². The van der Waals surface area contributed by atoms with Gasteiger partial charge in [0.05, 0.1) is 5.57 Å². The van der Waals surface area contributed by atoms with Gasteiger partial charge in [-0.25, -0.2) is 9.18 Å². The molecule has 116 valence electrons. The fourth-order valence-electron chi connectivity index (χ4n) is 3.36. The van der Waals surface area contributed by atoms with E-state index in [1.165, 1.54) is 18.2 Å². The second-order valence-corrected chi connectivity index (χ2v) is 5.91. The van der Waals surface area contributed by atoms with Gasteiger partial charge in [-0.1, -0.05) is 12.5 Å². The third kappa shape index (κ3) is 2.51. The van der Waals surface area contributed by atoms with E-state index in [0.29, 0.717) is 29.7 Å². The highest BCUT2D eigenvalue weighted by atomic mass is 19.1. The fourth-order valence-corrected chi connectivity index (χ4v) is 3.36. The number of anilines is 1. The van der Waals surface area contributed by atoms with E-state index in [0.717, 1.165) is 19.3 Å². The topological polar surface area (TPSA) is 55.4 Å². The Balaban J connectivity index is 1.90. The van der Waals surface area contributed by atoms with Crippen molar-refractivity contribution >= 4 is 17.6 Å². The predicted molar refractivity (Wildman–Crippen MR) is 79.6 cm³/mol. The first kappa shape index (κ1) is 14.8. The maximum Gasteiger partial charge on any atom is 0.335 e. The lowest BCUT2D eigenvalue weighted by atomic mass is 9.78. The molecule has 1 aliphatic carbocycles. The van der Waals surface area contributed by atoms with Crippen LogP contribution in [0.2, 0.25) is 0 Å². The summed E-state index contributed by atoms with van der Waals surface area (Å²) in [4.78, 5) is 24.6. The molecule has 1 fully saturated rings. The van der Waals surface area contributed by atoms with Gasteiger partial charge in [0.1, 0.15) is 11.4 Å². The Morgan fingerprint density at radius 2 is 2.00 bits per heavy atom. The predicted octanol–water partition coefficient (Wildman–Crippen LogP) is 3.34. The normalized spacial score (nSPS) is 20.2. The Morgan fingerprint density at radius 3 is 2.68 bits per heavy atom.